The van der Waals surface area contributed by atoms with Crippen LogP contribution in [0.1, 0.15) is 16.8 Å². The van der Waals surface area contributed by atoms with Gasteiger partial charge in [0.2, 0.25) is 12.7 Å². The highest BCUT2D eigenvalue weighted by atomic mass is 31.2. The van der Waals surface area contributed by atoms with Crippen molar-refractivity contribution in [2.45, 2.75) is 19.8 Å². The van der Waals surface area contributed by atoms with Gasteiger partial charge in [-0.05, 0) is 42.0 Å². The number of pyridine rings is 2. The van der Waals surface area contributed by atoms with Crippen LogP contribution in [0.3, 0.4) is 0 Å². The molecule has 4 aromatic rings. The summed E-state index contributed by atoms with van der Waals surface area (Å²) in [5, 5.41) is 4.08. The summed E-state index contributed by atoms with van der Waals surface area (Å²) in [6.45, 7) is -0.145. The average molecular weight is 487 g/mol. The predicted molar refractivity (Wildman–Crippen MR) is 117 cm³/mol. The maximum Gasteiger partial charge on any atom is 0.472 e. The Hall–Kier alpha value is -3.63. The first-order chi connectivity index (χ1) is 16.3. The normalized spacial score (nSPS) is 11.5. The summed E-state index contributed by atoms with van der Waals surface area (Å²) in [5.41, 5.74) is 9.02. The Labute approximate surface area is 193 Å². The second kappa shape index (κ2) is 10.1. The van der Waals surface area contributed by atoms with E-state index in [0.29, 0.717) is 29.2 Å². The van der Waals surface area contributed by atoms with Gasteiger partial charge in [0.1, 0.15) is 17.9 Å². The Morgan fingerprint density at radius 1 is 1.12 bits per heavy atom. The smallest absolute Gasteiger partial charge is 0.472 e. The van der Waals surface area contributed by atoms with Crippen LogP contribution in [0.2, 0.25) is 0 Å². The molecule has 0 fully saturated rings. The Bertz CT molecular complexity index is 1310. The number of nitrogens with zero attached hydrogens (tertiary/aromatic N) is 3. The van der Waals surface area contributed by atoms with Crippen LogP contribution in [0.4, 0.5) is 10.2 Å². The Morgan fingerprint density at radius 2 is 1.88 bits per heavy atom. The monoisotopic (exact) mass is 487 g/mol. The number of hydrogen-bond acceptors (Lipinski definition) is 7. The lowest BCUT2D eigenvalue weighted by Crippen LogP contribution is -2.38. The Balaban J connectivity index is 1.39. The summed E-state index contributed by atoms with van der Waals surface area (Å²) in [6.07, 6.45) is 3.46. The molecule has 176 valence electrons. The largest absolute Gasteiger partial charge is 0.489 e. The van der Waals surface area contributed by atoms with E-state index >= 15 is 0 Å². The van der Waals surface area contributed by atoms with Crippen LogP contribution < -0.4 is 15.0 Å². The molecule has 0 saturated carbocycles. The summed E-state index contributed by atoms with van der Waals surface area (Å²) in [4.78, 5) is 21.4. The van der Waals surface area contributed by atoms with Gasteiger partial charge in [-0.15, -0.1) is 0 Å². The van der Waals surface area contributed by atoms with Crippen molar-refractivity contribution in [1.82, 2.24) is 10.1 Å². The first kappa shape index (κ1) is 23.5. The fraction of sp³-hybridized carbons (Fsp3) is 0.136. The van der Waals surface area contributed by atoms with E-state index in [1.54, 1.807) is 24.3 Å². The molecular formula is C22H21FN4O6P+. The van der Waals surface area contributed by atoms with Gasteiger partial charge in [0.15, 0.2) is 5.76 Å². The molecule has 10 nitrogen and oxygen atoms in total. The number of hydrogen-bond donors (Lipinski definition) is 3. The maximum absolute atomic E-state index is 12.9. The van der Waals surface area contributed by atoms with Crippen LogP contribution in [0.15, 0.2) is 71.5 Å². The quantitative estimate of drug-likeness (QED) is 0.184. The number of rotatable bonds is 9. The van der Waals surface area contributed by atoms with Crippen molar-refractivity contribution in [2.24, 2.45) is 0 Å². The first-order valence-corrected chi connectivity index (χ1v) is 11.6. The van der Waals surface area contributed by atoms with Gasteiger partial charge in [0, 0.05) is 24.2 Å². The Kier molecular flexibility index (Phi) is 6.99. The second-order valence-electron chi connectivity index (χ2n) is 7.31. The molecule has 1 aromatic carbocycles. The number of phosphoric acid groups is 1. The minimum Gasteiger partial charge on any atom is -0.489 e. The van der Waals surface area contributed by atoms with Gasteiger partial charge < -0.3 is 19.0 Å². The van der Waals surface area contributed by atoms with Gasteiger partial charge in [0.05, 0.1) is 11.9 Å². The van der Waals surface area contributed by atoms with Crippen LogP contribution in [0, 0.1) is 5.95 Å². The van der Waals surface area contributed by atoms with E-state index in [0.717, 1.165) is 11.1 Å². The highest BCUT2D eigenvalue weighted by Crippen LogP contribution is 2.35. The van der Waals surface area contributed by atoms with Crippen LogP contribution >= 0.6 is 7.82 Å². The zero-order valence-electron chi connectivity index (χ0n) is 17.7. The van der Waals surface area contributed by atoms with Crippen molar-refractivity contribution in [2.75, 3.05) is 5.73 Å². The molecule has 3 heterocycles. The van der Waals surface area contributed by atoms with Crippen LogP contribution in [-0.4, -0.2) is 19.9 Å². The highest BCUT2D eigenvalue weighted by molar-refractivity contribution is 7.46. The number of nitrogens with two attached hydrogens (primary N) is 1. The first-order valence-electron chi connectivity index (χ1n) is 10.0. The molecule has 0 spiro atoms. The van der Waals surface area contributed by atoms with E-state index in [9.17, 15) is 8.96 Å². The molecule has 0 amide bonds. The van der Waals surface area contributed by atoms with Crippen molar-refractivity contribution >= 4 is 13.6 Å². The minimum atomic E-state index is -4.64. The van der Waals surface area contributed by atoms with Gasteiger partial charge in [-0.1, -0.05) is 17.3 Å². The summed E-state index contributed by atoms with van der Waals surface area (Å²) in [7, 11) is -4.64. The van der Waals surface area contributed by atoms with E-state index in [4.69, 9.17) is 24.8 Å². The molecule has 0 unspecified atom stereocenters. The lowest BCUT2D eigenvalue weighted by atomic mass is 10.1. The van der Waals surface area contributed by atoms with Crippen molar-refractivity contribution < 1.29 is 37.1 Å². The number of anilines is 1. The molecule has 0 aliphatic rings. The highest BCUT2D eigenvalue weighted by Gasteiger charge is 2.20. The Morgan fingerprint density at radius 3 is 2.59 bits per heavy atom. The van der Waals surface area contributed by atoms with E-state index in [1.165, 1.54) is 23.0 Å². The van der Waals surface area contributed by atoms with Crippen molar-refractivity contribution in [3.63, 3.8) is 0 Å². The molecule has 0 bridgehead atoms. The molecular weight excluding hydrogens is 466 g/mol. The van der Waals surface area contributed by atoms with Gasteiger partial charge in [-0.25, -0.2) is 18.6 Å². The number of phosphoric ester groups is 1. The molecule has 0 saturated heterocycles. The number of benzene rings is 1. The SMILES string of the molecule is Nc1c(-c2cc(Cc3ccc(OCc4ccc(F)nc4)cc3)no2)ccc[n+]1COP(=O)(O)O. The maximum atomic E-state index is 12.9. The number of ether oxygens (including phenoxy) is 1. The van der Waals surface area contributed by atoms with E-state index < -0.39 is 20.5 Å². The molecule has 0 radical (unpaired) electrons. The van der Waals surface area contributed by atoms with Crippen LogP contribution in [0.5, 0.6) is 5.75 Å². The van der Waals surface area contributed by atoms with Crippen LogP contribution in [0.25, 0.3) is 11.3 Å². The molecule has 4 N–H and O–H groups in total. The van der Waals surface area contributed by atoms with Crippen molar-refractivity contribution in [3.05, 3.63) is 89.8 Å². The van der Waals surface area contributed by atoms with Gasteiger partial charge in [-0.3, -0.25) is 5.73 Å². The molecule has 0 aliphatic heterocycles. The molecule has 3 aromatic heterocycles. The van der Waals surface area contributed by atoms with E-state index in [1.807, 2.05) is 24.3 Å². The van der Waals surface area contributed by atoms with Gasteiger partial charge in [0.25, 0.3) is 5.82 Å². The zero-order valence-corrected chi connectivity index (χ0v) is 18.6. The summed E-state index contributed by atoms with van der Waals surface area (Å²) < 4.78 is 40.8. The molecule has 12 heteroatoms. The third kappa shape index (κ3) is 6.24. The molecule has 34 heavy (non-hydrogen) atoms. The third-order valence-electron chi connectivity index (χ3n) is 4.81. The number of nitrogen functional groups attached to an aromatic ring is 1. The summed E-state index contributed by atoms with van der Waals surface area (Å²) in [6, 6.07) is 15.4. The molecule has 0 atom stereocenters. The minimum absolute atomic E-state index is 0.205. The standard InChI is InChI=1S/C22H20FN4O6P/c23-21-8-5-16(12-25-21)13-31-18-6-3-15(4-7-18)10-17-11-20(33-26-17)19-2-1-9-27(22(19)24)14-32-34(28,29)30/h1-9,11-12,24H,10,13-14H2,(H2,28,29,30)/p+1. The van der Waals surface area contributed by atoms with Crippen LogP contribution in [-0.2, 0) is 28.8 Å². The topological polar surface area (TPSA) is 145 Å². The third-order valence-corrected chi connectivity index (χ3v) is 5.26. The van der Waals surface area contributed by atoms with Gasteiger partial charge in [-0.2, -0.15) is 4.39 Å². The number of halogens is 1. The average Bonchev–Trinajstić information content (AvgIpc) is 3.26. The number of aromatic nitrogens is 3. The fourth-order valence-corrected chi connectivity index (χ4v) is 3.39. The summed E-state index contributed by atoms with van der Waals surface area (Å²) in [5.74, 6) is 0.739. The lowest BCUT2D eigenvalue weighted by Gasteiger charge is -2.07. The predicted octanol–water partition coefficient (Wildman–Crippen LogP) is 2.98. The van der Waals surface area contributed by atoms with Crippen molar-refractivity contribution in [3.8, 4) is 17.1 Å². The second-order valence-corrected chi connectivity index (χ2v) is 8.55. The van der Waals surface area contributed by atoms with E-state index in [2.05, 4.69) is 14.7 Å². The zero-order chi connectivity index (χ0) is 24.1. The van der Waals surface area contributed by atoms with Crippen molar-refractivity contribution in [1.29, 1.82) is 0 Å². The molecule has 4 rings (SSSR count). The van der Waals surface area contributed by atoms with Gasteiger partial charge >= 0.3 is 7.82 Å². The van der Waals surface area contributed by atoms with E-state index in [-0.39, 0.29) is 12.4 Å². The fourth-order valence-electron chi connectivity index (χ4n) is 3.12. The summed E-state index contributed by atoms with van der Waals surface area (Å²) >= 11 is 0. The molecule has 0 aliphatic carbocycles. The lowest BCUT2D eigenvalue weighted by molar-refractivity contribution is -0.711.